The van der Waals surface area contributed by atoms with Gasteiger partial charge in [-0.2, -0.15) is 0 Å². The van der Waals surface area contributed by atoms with Crippen LogP contribution < -0.4 is 16.0 Å². The fourth-order valence-corrected chi connectivity index (χ4v) is 6.35. The number of aromatic nitrogens is 2. The van der Waals surface area contributed by atoms with E-state index < -0.39 is 41.2 Å². The molecule has 2 aliphatic heterocycles. The zero-order chi connectivity index (χ0) is 29.1. The Morgan fingerprint density at radius 3 is 2.78 bits per heavy atom. The Morgan fingerprint density at radius 1 is 1.24 bits per heavy atom. The monoisotopic (exact) mass is 596 g/mol. The van der Waals surface area contributed by atoms with Gasteiger partial charge in [0.15, 0.2) is 5.82 Å². The third-order valence-corrected chi connectivity index (χ3v) is 8.52. The quantitative estimate of drug-likeness (QED) is 0.286. The zero-order valence-electron chi connectivity index (χ0n) is 21.7. The molecule has 14 heteroatoms. The van der Waals surface area contributed by atoms with Crippen molar-refractivity contribution in [3.63, 3.8) is 0 Å². The Balaban J connectivity index is 1.20. The van der Waals surface area contributed by atoms with Gasteiger partial charge in [-0.1, -0.05) is 11.6 Å². The van der Waals surface area contributed by atoms with Gasteiger partial charge in [-0.3, -0.25) is 19.7 Å². The minimum absolute atomic E-state index is 0.0684. The minimum Gasteiger partial charge on any atom is -0.444 e. The molecule has 2 aromatic carbocycles. The predicted octanol–water partition coefficient (Wildman–Crippen LogP) is 4.56. The average Bonchev–Trinajstić information content (AvgIpc) is 3.65. The molecular weight excluding hydrogens is 575 g/mol. The summed E-state index contributed by atoms with van der Waals surface area (Å²) in [5.41, 5.74) is 0.299. The summed E-state index contributed by atoms with van der Waals surface area (Å²) in [5, 5.41) is 8.60. The Bertz CT molecular complexity index is 1750. The fraction of sp³-hybridized carbons (Fsp3) is 0.259. The van der Waals surface area contributed by atoms with Crippen LogP contribution >= 0.6 is 22.9 Å². The van der Waals surface area contributed by atoms with Gasteiger partial charge in [0.05, 0.1) is 39.7 Å². The number of benzene rings is 2. The molecule has 4 heterocycles. The lowest BCUT2D eigenvalue weighted by molar-refractivity contribution is -0.136. The lowest BCUT2D eigenvalue weighted by Gasteiger charge is -2.29. The highest BCUT2D eigenvalue weighted by Gasteiger charge is 2.40. The highest BCUT2D eigenvalue weighted by Crippen LogP contribution is 2.37. The van der Waals surface area contributed by atoms with Gasteiger partial charge in [-0.05, 0) is 44.5 Å². The molecule has 1 saturated heterocycles. The first-order valence-corrected chi connectivity index (χ1v) is 13.8. The van der Waals surface area contributed by atoms with E-state index in [0.29, 0.717) is 27.0 Å². The van der Waals surface area contributed by atoms with Crippen LogP contribution in [0, 0.1) is 5.82 Å². The fourth-order valence-electron chi connectivity index (χ4n) is 4.97. The molecule has 0 aliphatic carbocycles. The van der Waals surface area contributed by atoms with Crippen molar-refractivity contribution in [3.05, 3.63) is 63.7 Å². The first kappa shape index (κ1) is 26.8. The van der Waals surface area contributed by atoms with Crippen molar-refractivity contribution in [1.29, 1.82) is 0 Å². The number of fused-ring (bicyclic) bond motifs is 2. The number of imide groups is 1. The molecule has 1 fully saturated rings. The first-order valence-electron chi connectivity index (χ1n) is 12.6. The van der Waals surface area contributed by atoms with E-state index >= 15 is 4.39 Å². The van der Waals surface area contributed by atoms with Crippen LogP contribution in [0.1, 0.15) is 47.6 Å². The molecule has 4 aromatic rings. The maximum absolute atomic E-state index is 15.5. The van der Waals surface area contributed by atoms with E-state index in [2.05, 4.69) is 20.9 Å². The van der Waals surface area contributed by atoms with Gasteiger partial charge in [-0.15, -0.1) is 11.3 Å². The molecule has 0 spiro atoms. The van der Waals surface area contributed by atoms with Crippen molar-refractivity contribution >= 4 is 62.6 Å². The Labute approximate surface area is 241 Å². The van der Waals surface area contributed by atoms with Gasteiger partial charge in [0, 0.05) is 22.6 Å². The van der Waals surface area contributed by atoms with Crippen molar-refractivity contribution in [1.82, 2.24) is 25.5 Å². The number of anilines is 1. The van der Waals surface area contributed by atoms with Gasteiger partial charge in [0.1, 0.15) is 17.3 Å². The number of thiazole rings is 1. The number of rotatable bonds is 5. The summed E-state index contributed by atoms with van der Waals surface area (Å²) >= 11 is 7.64. The van der Waals surface area contributed by atoms with Gasteiger partial charge in [-0.25, -0.2) is 19.2 Å². The van der Waals surface area contributed by atoms with E-state index in [1.54, 1.807) is 26.0 Å². The number of oxazole rings is 1. The molecule has 5 amide bonds. The normalized spacial score (nSPS) is 17.1. The van der Waals surface area contributed by atoms with Crippen LogP contribution in [0.2, 0.25) is 5.02 Å². The first-order chi connectivity index (χ1) is 19.5. The molecule has 3 N–H and O–H groups in total. The minimum atomic E-state index is -0.972. The third kappa shape index (κ3) is 4.80. The number of nitrogens with one attached hydrogen (secondary N) is 3. The van der Waals surface area contributed by atoms with E-state index in [1.165, 1.54) is 40.8 Å². The summed E-state index contributed by atoms with van der Waals surface area (Å²) in [7, 11) is 0. The molecule has 6 rings (SSSR count). The summed E-state index contributed by atoms with van der Waals surface area (Å²) < 4.78 is 21.7. The lowest BCUT2D eigenvalue weighted by atomic mass is 10.0. The number of hydrogen-bond donors (Lipinski definition) is 3. The highest BCUT2D eigenvalue weighted by molar-refractivity contribution is 7.18. The van der Waals surface area contributed by atoms with Gasteiger partial charge >= 0.3 is 6.03 Å². The van der Waals surface area contributed by atoms with E-state index in [1.807, 2.05) is 0 Å². The van der Waals surface area contributed by atoms with Crippen LogP contribution in [0.3, 0.4) is 0 Å². The second-order valence-corrected chi connectivity index (χ2v) is 11.7. The van der Waals surface area contributed by atoms with E-state index in [0.717, 1.165) is 4.70 Å². The van der Waals surface area contributed by atoms with Crippen molar-refractivity contribution < 1.29 is 28.0 Å². The second-order valence-electron chi connectivity index (χ2n) is 10.2. The number of carbonyl (C=O) groups is 4. The summed E-state index contributed by atoms with van der Waals surface area (Å²) in [4.78, 5) is 59.9. The highest BCUT2D eigenvalue weighted by atomic mass is 35.5. The Hall–Kier alpha value is -4.36. The molecule has 210 valence electrons. The molecule has 0 saturated carbocycles. The van der Waals surface area contributed by atoms with E-state index in [9.17, 15) is 19.2 Å². The van der Waals surface area contributed by atoms with Gasteiger partial charge < -0.3 is 20.0 Å². The molecule has 41 heavy (non-hydrogen) atoms. The van der Waals surface area contributed by atoms with Crippen LogP contribution in [-0.4, -0.2) is 44.7 Å². The molecule has 0 radical (unpaired) electrons. The van der Waals surface area contributed by atoms with Crippen LogP contribution in [0.4, 0.5) is 14.9 Å². The third-order valence-electron chi connectivity index (χ3n) is 6.98. The van der Waals surface area contributed by atoms with Crippen molar-refractivity contribution in [2.75, 3.05) is 5.32 Å². The zero-order valence-corrected chi connectivity index (χ0v) is 23.3. The molecule has 1 atom stereocenters. The molecule has 2 aliphatic rings. The Morgan fingerprint density at radius 2 is 2.05 bits per heavy atom. The van der Waals surface area contributed by atoms with Crippen LogP contribution in [0.25, 0.3) is 21.7 Å². The number of amides is 5. The van der Waals surface area contributed by atoms with Gasteiger partial charge in [0.25, 0.3) is 5.91 Å². The summed E-state index contributed by atoms with van der Waals surface area (Å²) in [6.07, 6.45) is 3.22. The number of piperidine rings is 1. The molecule has 11 nitrogen and oxygen atoms in total. The van der Waals surface area contributed by atoms with Gasteiger partial charge in [0.2, 0.25) is 17.7 Å². The largest absolute Gasteiger partial charge is 0.444 e. The van der Waals surface area contributed by atoms with Crippen molar-refractivity contribution in [3.8, 4) is 11.5 Å². The van der Waals surface area contributed by atoms with Crippen molar-refractivity contribution in [2.45, 2.75) is 44.8 Å². The van der Waals surface area contributed by atoms with Crippen LogP contribution in [-0.2, 0) is 21.7 Å². The summed E-state index contributed by atoms with van der Waals surface area (Å²) in [6.45, 7) is 3.36. The van der Waals surface area contributed by atoms with Crippen LogP contribution in [0.5, 0.6) is 0 Å². The summed E-state index contributed by atoms with van der Waals surface area (Å²) in [6, 6.07) is 4.62. The topological polar surface area (TPSA) is 147 Å². The number of urea groups is 1. The number of carbonyl (C=O) groups excluding carboxylic acids is 4. The number of halogens is 2. The van der Waals surface area contributed by atoms with Crippen LogP contribution in [0.15, 0.2) is 41.1 Å². The second kappa shape index (κ2) is 9.93. The maximum Gasteiger partial charge on any atom is 0.320 e. The maximum atomic E-state index is 15.5. The molecule has 2 aromatic heterocycles. The molecule has 0 bridgehead atoms. The smallest absolute Gasteiger partial charge is 0.320 e. The standard InChI is InChI=1S/C27H22ClFN6O5S/c1-27(2,25-33-21-14(23-30-7-8-40-23)9-12(28)10-18(21)41-25)34-26(39)31-16-4-3-13-15(20(16)29)11-35(24(13)38)17-5-6-19(36)32-22(17)37/h3-4,7-10,17H,5-6,11H2,1-2H3,(H2,31,34,39)(H,32,36,37). The SMILES string of the molecule is CC(C)(NC(=O)Nc1ccc2c(c1F)CN(C1CCC(=O)NC1=O)C2=O)c1nc2c(-c3ncco3)cc(Cl)cc2s1. The van der Waals surface area contributed by atoms with E-state index in [-0.39, 0.29) is 36.2 Å². The summed E-state index contributed by atoms with van der Waals surface area (Å²) in [5.74, 6) is -1.92. The van der Waals surface area contributed by atoms with E-state index in [4.69, 9.17) is 21.0 Å². The average molecular weight is 597 g/mol. The van der Waals surface area contributed by atoms with Crippen molar-refractivity contribution in [2.24, 2.45) is 0 Å². The lowest BCUT2D eigenvalue weighted by Crippen LogP contribution is -2.52. The Kier molecular flexibility index (Phi) is 6.50. The molecule has 1 unspecified atom stereocenters. The molecular formula is C27H22ClFN6O5S. The number of hydrogen-bond acceptors (Lipinski definition) is 8. The predicted molar refractivity (Wildman–Crippen MR) is 148 cm³/mol. The number of nitrogens with zero attached hydrogens (tertiary/aromatic N) is 3.